The maximum Gasteiger partial charge on any atom is 0.338 e. The number of hydrogen-bond acceptors (Lipinski definition) is 7. The van der Waals surface area contributed by atoms with Gasteiger partial charge in [-0.05, 0) is 91.2 Å². The first-order chi connectivity index (χ1) is 21.1. The highest BCUT2D eigenvalue weighted by atomic mass is 79.9. The third-order valence-corrected chi connectivity index (χ3v) is 9.07. The Bertz CT molecular complexity index is 1950. The maximum atomic E-state index is 14.0. The predicted molar refractivity (Wildman–Crippen MR) is 178 cm³/mol. The first kappa shape index (κ1) is 32.0. The van der Waals surface area contributed by atoms with Gasteiger partial charge in [-0.3, -0.25) is 9.36 Å². The Balaban J connectivity index is 1.54. The molecule has 11 heteroatoms. The van der Waals surface area contributed by atoms with Gasteiger partial charge in [0.1, 0.15) is 24.1 Å². The van der Waals surface area contributed by atoms with Crippen LogP contribution in [0.3, 0.4) is 0 Å². The molecular formula is C33H29BrCl2N2O5S. The molecule has 0 fully saturated rings. The Kier molecular flexibility index (Phi) is 10.00. The first-order valence-corrected chi connectivity index (χ1v) is 16.3. The van der Waals surface area contributed by atoms with Crippen LogP contribution >= 0.6 is 50.5 Å². The maximum absolute atomic E-state index is 14.0. The fourth-order valence-corrected chi connectivity index (χ4v) is 6.70. The third-order valence-electron chi connectivity index (χ3n) is 6.73. The third kappa shape index (κ3) is 6.81. The average molecular weight is 716 g/mol. The minimum Gasteiger partial charge on any atom is -0.491 e. The van der Waals surface area contributed by atoms with Crippen molar-refractivity contribution in [3.8, 4) is 11.5 Å². The quantitative estimate of drug-likeness (QED) is 0.171. The largest absolute Gasteiger partial charge is 0.491 e. The van der Waals surface area contributed by atoms with Crippen molar-refractivity contribution in [2.75, 3.05) is 6.61 Å². The van der Waals surface area contributed by atoms with Gasteiger partial charge in [0.25, 0.3) is 5.56 Å². The lowest BCUT2D eigenvalue weighted by atomic mass is 9.95. The molecule has 1 aromatic heterocycles. The van der Waals surface area contributed by atoms with Crippen LogP contribution in [0.4, 0.5) is 0 Å². The molecule has 1 atom stereocenters. The molecule has 3 aromatic carbocycles. The monoisotopic (exact) mass is 714 g/mol. The van der Waals surface area contributed by atoms with E-state index in [1.165, 1.54) is 11.3 Å². The number of esters is 1. The van der Waals surface area contributed by atoms with E-state index in [1.807, 2.05) is 62.4 Å². The van der Waals surface area contributed by atoms with Crippen LogP contribution in [0.15, 0.2) is 86.2 Å². The summed E-state index contributed by atoms with van der Waals surface area (Å²) in [6, 6.07) is 17.6. The van der Waals surface area contributed by atoms with Crippen molar-refractivity contribution in [1.29, 1.82) is 0 Å². The zero-order valence-corrected chi connectivity index (χ0v) is 28.3. The zero-order chi connectivity index (χ0) is 31.5. The Morgan fingerprint density at radius 2 is 1.86 bits per heavy atom. The van der Waals surface area contributed by atoms with Gasteiger partial charge < -0.3 is 14.2 Å². The highest BCUT2D eigenvalue weighted by Gasteiger charge is 2.35. The molecule has 7 nitrogen and oxygen atoms in total. The lowest BCUT2D eigenvalue weighted by Gasteiger charge is -2.26. The van der Waals surface area contributed by atoms with Gasteiger partial charge in [-0.2, -0.15) is 0 Å². The highest BCUT2D eigenvalue weighted by molar-refractivity contribution is 9.10. The lowest BCUT2D eigenvalue weighted by Crippen LogP contribution is -2.40. The summed E-state index contributed by atoms with van der Waals surface area (Å²) in [7, 11) is 0. The number of para-hydroxylation sites is 1. The van der Waals surface area contributed by atoms with Gasteiger partial charge in [0.2, 0.25) is 0 Å². The van der Waals surface area contributed by atoms with Gasteiger partial charge in [0.05, 0.1) is 43.0 Å². The Morgan fingerprint density at radius 1 is 1.09 bits per heavy atom. The van der Waals surface area contributed by atoms with Crippen LogP contribution in [0.1, 0.15) is 50.4 Å². The van der Waals surface area contributed by atoms with Crippen LogP contribution in [-0.4, -0.2) is 23.2 Å². The molecule has 2 heterocycles. The lowest BCUT2D eigenvalue weighted by molar-refractivity contribution is -0.139. The van der Waals surface area contributed by atoms with Crippen LogP contribution < -0.4 is 24.4 Å². The van der Waals surface area contributed by atoms with E-state index in [2.05, 4.69) is 20.9 Å². The van der Waals surface area contributed by atoms with Crippen molar-refractivity contribution in [2.24, 2.45) is 4.99 Å². The van der Waals surface area contributed by atoms with Gasteiger partial charge in [-0.15, -0.1) is 0 Å². The van der Waals surface area contributed by atoms with Crippen molar-refractivity contribution in [2.45, 2.75) is 46.4 Å². The van der Waals surface area contributed by atoms with Gasteiger partial charge in [0, 0.05) is 5.56 Å². The van der Waals surface area contributed by atoms with Crippen LogP contribution in [-0.2, 0) is 16.1 Å². The molecule has 4 aromatic rings. The highest BCUT2D eigenvalue weighted by Crippen LogP contribution is 2.36. The molecule has 1 aliphatic rings. The van der Waals surface area contributed by atoms with E-state index in [9.17, 15) is 9.59 Å². The number of rotatable bonds is 9. The van der Waals surface area contributed by atoms with E-state index < -0.39 is 12.0 Å². The Hall–Kier alpha value is -3.37. The number of thiazole rings is 1. The first-order valence-electron chi connectivity index (χ1n) is 13.9. The van der Waals surface area contributed by atoms with E-state index in [1.54, 1.807) is 36.6 Å². The van der Waals surface area contributed by atoms with Crippen molar-refractivity contribution in [3.63, 3.8) is 0 Å². The fraction of sp³-hybridized carbons (Fsp3) is 0.242. The number of ether oxygens (including phenoxy) is 3. The van der Waals surface area contributed by atoms with Gasteiger partial charge in [-0.25, -0.2) is 9.79 Å². The molecule has 0 aliphatic carbocycles. The van der Waals surface area contributed by atoms with Crippen molar-refractivity contribution < 1.29 is 19.0 Å². The molecule has 0 N–H and O–H groups in total. The molecule has 5 rings (SSSR count). The summed E-state index contributed by atoms with van der Waals surface area (Å²) < 4.78 is 20.2. The number of benzene rings is 3. The molecule has 228 valence electrons. The summed E-state index contributed by atoms with van der Waals surface area (Å²) >= 11 is 17.0. The summed E-state index contributed by atoms with van der Waals surface area (Å²) in [6.45, 7) is 7.86. The van der Waals surface area contributed by atoms with Crippen LogP contribution in [0.2, 0.25) is 10.0 Å². The number of nitrogens with zero attached hydrogens (tertiary/aromatic N) is 2. The van der Waals surface area contributed by atoms with E-state index in [4.69, 9.17) is 37.4 Å². The zero-order valence-electron chi connectivity index (χ0n) is 24.4. The molecule has 0 bridgehead atoms. The summed E-state index contributed by atoms with van der Waals surface area (Å²) in [5, 5.41) is 0.948. The number of carbonyl (C=O) groups excluding carboxylic acids is 1. The Morgan fingerprint density at radius 3 is 2.57 bits per heavy atom. The second-order valence-corrected chi connectivity index (χ2v) is 12.9. The van der Waals surface area contributed by atoms with Gasteiger partial charge >= 0.3 is 5.97 Å². The molecule has 0 saturated carbocycles. The van der Waals surface area contributed by atoms with Crippen LogP contribution in [0, 0.1) is 0 Å². The van der Waals surface area contributed by atoms with E-state index in [0.29, 0.717) is 54.3 Å². The van der Waals surface area contributed by atoms with E-state index in [0.717, 1.165) is 15.6 Å². The molecule has 0 amide bonds. The van der Waals surface area contributed by atoms with E-state index in [-0.39, 0.29) is 18.3 Å². The smallest absolute Gasteiger partial charge is 0.338 e. The van der Waals surface area contributed by atoms with Crippen LogP contribution in [0.25, 0.3) is 6.08 Å². The summed E-state index contributed by atoms with van der Waals surface area (Å²) in [5.74, 6) is 0.692. The summed E-state index contributed by atoms with van der Waals surface area (Å²) in [5.41, 5.74) is 2.86. The van der Waals surface area contributed by atoms with Crippen molar-refractivity contribution in [1.82, 2.24) is 4.57 Å². The second kappa shape index (κ2) is 13.7. The fourth-order valence-electron chi connectivity index (χ4n) is 4.82. The van der Waals surface area contributed by atoms with Crippen molar-refractivity contribution in [3.05, 3.63) is 123 Å². The second-order valence-electron chi connectivity index (χ2n) is 10.2. The normalized spacial score (nSPS) is 14.8. The van der Waals surface area contributed by atoms with Gasteiger partial charge in [-0.1, -0.05) is 64.9 Å². The van der Waals surface area contributed by atoms with E-state index >= 15 is 0 Å². The average Bonchev–Trinajstić information content (AvgIpc) is 3.27. The standard InChI is InChI=1S/C33H29BrCl2N2O5S/c1-5-41-32(40)29-19(4)37-33-38(30(29)22-8-6-7-9-26(22)43-18(2)3)31(39)28(44-33)16-20-11-13-27(23(34)14-20)42-17-21-10-12-24(35)25(36)15-21/h6-16,18,30H,5,17H2,1-4H3/b28-16+/t30-/m0/s1. The number of aromatic nitrogens is 1. The predicted octanol–water partition coefficient (Wildman–Crippen LogP) is 7.23. The molecule has 44 heavy (non-hydrogen) atoms. The number of hydrogen-bond donors (Lipinski definition) is 0. The molecule has 0 saturated heterocycles. The van der Waals surface area contributed by atoms with Gasteiger partial charge in [0.15, 0.2) is 4.80 Å². The van der Waals surface area contributed by atoms with Crippen molar-refractivity contribution >= 4 is 62.5 Å². The molecule has 0 unspecified atom stereocenters. The molecule has 0 spiro atoms. The topological polar surface area (TPSA) is 79.1 Å². The summed E-state index contributed by atoms with van der Waals surface area (Å²) in [4.78, 5) is 32.5. The molecular weight excluding hydrogens is 687 g/mol. The molecule has 1 aliphatic heterocycles. The summed E-state index contributed by atoms with van der Waals surface area (Å²) in [6.07, 6.45) is 1.69. The minimum absolute atomic E-state index is 0.113. The minimum atomic E-state index is -0.772. The number of halogens is 3. The Labute approximate surface area is 277 Å². The number of fused-ring (bicyclic) bond motifs is 1. The number of carbonyl (C=O) groups is 1. The molecule has 0 radical (unpaired) electrons. The van der Waals surface area contributed by atoms with Crippen LogP contribution in [0.5, 0.6) is 11.5 Å². The number of allylic oxidation sites excluding steroid dienone is 1. The SMILES string of the molecule is CCOC(=O)C1=C(C)N=c2s/c(=C/c3ccc(OCc4ccc(Cl)c(Cl)c4)c(Br)c3)c(=O)n2[C@H]1c1ccccc1OC(C)C.